The minimum absolute atomic E-state index is 0.107. The lowest BCUT2D eigenvalue weighted by Crippen LogP contribution is -2.27. The quantitative estimate of drug-likeness (QED) is 0.351. The van der Waals surface area contributed by atoms with Crippen LogP contribution in [0.1, 0.15) is 34.1 Å². The van der Waals surface area contributed by atoms with Crippen molar-refractivity contribution in [3.63, 3.8) is 0 Å². The Morgan fingerprint density at radius 3 is 2.45 bits per heavy atom. The number of hydrogen-bond acceptors (Lipinski definition) is 1. The SMILES string of the molecule is C=C(C)C(C)(C)O[SiH]CCC. The summed E-state index contributed by atoms with van der Waals surface area (Å²) in [6, 6.07) is 1.22. The van der Waals surface area contributed by atoms with Gasteiger partial charge in [0.25, 0.3) is 0 Å². The van der Waals surface area contributed by atoms with Crippen molar-refractivity contribution < 1.29 is 4.43 Å². The molecule has 0 aromatic carbocycles. The largest absolute Gasteiger partial charge is 0.412 e. The molecule has 0 aliphatic rings. The van der Waals surface area contributed by atoms with Gasteiger partial charge >= 0.3 is 0 Å². The molecule has 65 valence electrons. The maximum Gasteiger partial charge on any atom is 0.194 e. The summed E-state index contributed by atoms with van der Waals surface area (Å²) in [7, 11) is 0.160. The molecule has 11 heavy (non-hydrogen) atoms. The van der Waals surface area contributed by atoms with Gasteiger partial charge in [0.15, 0.2) is 9.76 Å². The van der Waals surface area contributed by atoms with E-state index >= 15 is 0 Å². The van der Waals surface area contributed by atoms with Crippen molar-refractivity contribution >= 4 is 9.76 Å². The fourth-order valence-electron chi connectivity index (χ4n) is 0.486. The zero-order chi connectivity index (χ0) is 8.91. The summed E-state index contributed by atoms with van der Waals surface area (Å²) >= 11 is 0. The van der Waals surface area contributed by atoms with Gasteiger partial charge in [0.05, 0.1) is 5.60 Å². The van der Waals surface area contributed by atoms with E-state index in [1.165, 1.54) is 12.5 Å². The summed E-state index contributed by atoms with van der Waals surface area (Å²) < 4.78 is 5.72. The Morgan fingerprint density at radius 1 is 1.55 bits per heavy atom. The lowest BCUT2D eigenvalue weighted by Gasteiger charge is -2.25. The molecule has 1 nitrogen and oxygen atoms in total. The maximum absolute atomic E-state index is 5.72. The van der Waals surface area contributed by atoms with Crippen LogP contribution >= 0.6 is 0 Å². The molecule has 0 rings (SSSR count). The highest BCUT2D eigenvalue weighted by Gasteiger charge is 2.17. The van der Waals surface area contributed by atoms with E-state index in [2.05, 4.69) is 27.4 Å². The molecule has 0 aliphatic heterocycles. The summed E-state index contributed by atoms with van der Waals surface area (Å²) in [5.74, 6) is 0. The summed E-state index contributed by atoms with van der Waals surface area (Å²) in [6.45, 7) is 12.3. The van der Waals surface area contributed by atoms with E-state index in [0.717, 1.165) is 5.57 Å². The predicted octanol–water partition coefficient (Wildman–Crippen LogP) is 2.54. The van der Waals surface area contributed by atoms with Crippen molar-refractivity contribution in [1.82, 2.24) is 0 Å². The second-order valence-electron chi connectivity index (χ2n) is 3.36. The molecule has 1 radical (unpaired) electrons. The van der Waals surface area contributed by atoms with E-state index in [9.17, 15) is 0 Å². The molecule has 0 aliphatic carbocycles. The third kappa shape index (κ3) is 4.38. The molecule has 0 fully saturated rings. The first-order valence-corrected chi connectivity index (χ1v) is 5.45. The zero-order valence-corrected chi connectivity index (χ0v) is 9.26. The van der Waals surface area contributed by atoms with Crippen molar-refractivity contribution in [2.45, 2.75) is 45.8 Å². The third-order valence-corrected chi connectivity index (χ3v) is 3.38. The van der Waals surface area contributed by atoms with Gasteiger partial charge in [0, 0.05) is 0 Å². The molecule has 0 heterocycles. The molecule has 0 spiro atoms. The van der Waals surface area contributed by atoms with Gasteiger partial charge in [-0.05, 0) is 26.8 Å². The molecule has 0 amide bonds. The Bertz CT molecular complexity index is 130. The Hall–Kier alpha value is -0.0831. The molecule has 0 bridgehead atoms. The van der Waals surface area contributed by atoms with Crippen LogP contribution in [0, 0.1) is 0 Å². The van der Waals surface area contributed by atoms with Crippen LogP contribution < -0.4 is 0 Å². The average molecular weight is 171 g/mol. The molecular formula is C9H19OSi. The van der Waals surface area contributed by atoms with Gasteiger partial charge in [0.2, 0.25) is 0 Å². The number of rotatable bonds is 5. The fourth-order valence-corrected chi connectivity index (χ4v) is 1.46. The van der Waals surface area contributed by atoms with Gasteiger partial charge in [-0.1, -0.05) is 25.5 Å². The van der Waals surface area contributed by atoms with Gasteiger partial charge in [0.1, 0.15) is 0 Å². The molecule has 0 aromatic heterocycles. The van der Waals surface area contributed by atoms with E-state index in [1.54, 1.807) is 0 Å². The van der Waals surface area contributed by atoms with Crippen molar-refractivity contribution in [2.75, 3.05) is 0 Å². The first-order valence-electron chi connectivity index (χ1n) is 4.16. The van der Waals surface area contributed by atoms with E-state index in [-0.39, 0.29) is 15.4 Å². The number of hydrogen-bond donors (Lipinski definition) is 0. The molecule has 0 unspecified atom stereocenters. The van der Waals surface area contributed by atoms with Gasteiger partial charge in [-0.15, -0.1) is 0 Å². The Balaban J connectivity index is 3.64. The van der Waals surface area contributed by atoms with Gasteiger partial charge in [-0.25, -0.2) is 0 Å². The van der Waals surface area contributed by atoms with Crippen LogP contribution in [-0.4, -0.2) is 15.4 Å². The summed E-state index contributed by atoms with van der Waals surface area (Å²) in [5.41, 5.74) is 1.01. The van der Waals surface area contributed by atoms with Gasteiger partial charge < -0.3 is 4.43 Å². The first kappa shape index (κ1) is 10.9. The molecule has 2 heteroatoms. The lowest BCUT2D eigenvalue weighted by atomic mass is 10.0. The van der Waals surface area contributed by atoms with Crippen molar-refractivity contribution in [3.8, 4) is 0 Å². The van der Waals surface area contributed by atoms with E-state index in [1.807, 2.05) is 6.92 Å². The van der Waals surface area contributed by atoms with Crippen LogP contribution in [0.3, 0.4) is 0 Å². The smallest absolute Gasteiger partial charge is 0.194 e. The van der Waals surface area contributed by atoms with Crippen LogP contribution in [0.5, 0.6) is 0 Å². The Labute approximate surface area is 72.8 Å². The Kier molecular flexibility index (Phi) is 4.69. The molecule has 0 aromatic rings. The van der Waals surface area contributed by atoms with E-state index < -0.39 is 0 Å². The monoisotopic (exact) mass is 171 g/mol. The van der Waals surface area contributed by atoms with Crippen LogP contribution in [0.2, 0.25) is 6.04 Å². The maximum atomic E-state index is 5.72. The standard InChI is InChI=1S/C9H19OSi/c1-6-7-11-10-9(4,5)8(2)3/h11H,2,6-7H2,1,3-5H3. The van der Waals surface area contributed by atoms with Gasteiger partial charge in [-0.2, -0.15) is 0 Å². The average Bonchev–Trinajstić information content (AvgIpc) is 1.88. The summed E-state index contributed by atoms with van der Waals surface area (Å²) in [6.07, 6.45) is 1.22. The predicted molar refractivity (Wildman–Crippen MR) is 52.2 cm³/mol. The van der Waals surface area contributed by atoms with Crippen LogP contribution in [0.4, 0.5) is 0 Å². The molecule has 0 saturated carbocycles. The zero-order valence-electron chi connectivity index (χ0n) is 8.11. The van der Waals surface area contributed by atoms with E-state index in [4.69, 9.17) is 4.43 Å². The minimum atomic E-state index is -0.107. The second-order valence-corrected chi connectivity index (χ2v) is 4.51. The highest BCUT2D eigenvalue weighted by molar-refractivity contribution is 6.27. The summed E-state index contributed by atoms with van der Waals surface area (Å²) in [5, 5.41) is 0. The topological polar surface area (TPSA) is 9.23 Å². The molecular weight excluding hydrogens is 152 g/mol. The molecule has 0 N–H and O–H groups in total. The highest BCUT2D eigenvalue weighted by Crippen LogP contribution is 2.17. The van der Waals surface area contributed by atoms with Crippen LogP contribution in [0.25, 0.3) is 0 Å². The summed E-state index contributed by atoms with van der Waals surface area (Å²) in [4.78, 5) is 0. The van der Waals surface area contributed by atoms with Crippen LogP contribution in [-0.2, 0) is 4.43 Å². The normalized spacial score (nSPS) is 11.6. The Morgan fingerprint density at radius 2 is 2.09 bits per heavy atom. The molecule has 0 atom stereocenters. The fraction of sp³-hybridized carbons (Fsp3) is 0.778. The van der Waals surface area contributed by atoms with Gasteiger partial charge in [-0.3, -0.25) is 0 Å². The van der Waals surface area contributed by atoms with E-state index in [0.29, 0.717) is 0 Å². The minimum Gasteiger partial charge on any atom is -0.412 e. The van der Waals surface area contributed by atoms with Crippen molar-refractivity contribution in [1.29, 1.82) is 0 Å². The first-order chi connectivity index (χ1) is 5.00. The lowest BCUT2D eigenvalue weighted by molar-refractivity contribution is 0.157. The van der Waals surface area contributed by atoms with Crippen molar-refractivity contribution in [3.05, 3.63) is 12.2 Å². The van der Waals surface area contributed by atoms with Crippen molar-refractivity contribution in [2.24, 2.45) is 0 Å². The van der Waals surface area contributed by atoms with Crippen LogP contribution in [0.15, 0.2) is 12.2 Å². The molecule has 0 saturated heterocycles. The third-order valence-electron chi connectivity index (χ3n) is 1.81. The second kappa shape index (κ2) is 4.73. The highest BCUT2D eigenvalue weighted by atomic mass is 28.2.